The quantitative estimate of drug-likeness (QED) is 0.679. The molecule has 1 aliphatic rings. The Morgan fingerprint density at radius 1 is 1.13 bits per heavy atom. The minimum atomic E-state index is 0.897. The Labute approximate surface area is 91.3 Å². The zero-order chi connectivity index (χ0) is 10.8. The topological polar surface area (TPSA) is 41.3 Å². The third-order valence-electron chi connectivity index (χ3n) is 3.04. The van der Waals surface area contributed by atoms with Crippen molar-refractivity contribution in [3.05, 3.63) is 23.3 Å². The van der Waals surface area contributed by atoms with Crippen LogP contribution in [0.3, 0.4) is 0 Å². The van der Waals surface area contributed by atoms with E-state index in [-0.39, 0.29) is 0 Å². The van der Waals surface area contributed by atoms with Crippen molar-refractivity contribution >= 4 is 11.4 Å². The lowest BCUT2D eigenvalue weighted by Gasteiger charge is -2.31. The van der Waals surface area contributed by atoms with Gasteiger partial charge in [0.2, 0.25) is 0 Å². The van der Waals surface area contributed by atoms with Crippen molar-refractivity contribution in [2.24, 2.45) is 0 Å². The first kappa shape index (κ1) is 10.3. The number of anilines is 2. The molecule has 0 atom stereocenters. The summed E-state index contributed by atoms with van der Waals surface area (Å²) < 4.78 is 0. The number of nitrogens with zero attached hydrogens (tertiary/aromatic N) is 1. The van der Waals surface area contributed by atoms with Gasteiger partial charge < -0.3 is 16.0 Å². The molecule has 1 saturated heterocycles. The van der Waals surface area contributed by atoms with Gasteiger partial charge in [0.15, 0.2) is 0 Å². The van der Waals surface area contributed by atoms with E-state index in [1.54, 1.807) is 0 Å². The zero-order valence-electron chi connectivity index (χ0n) is 9.51. The summed E-state index contributed by atoms with van der Waals surface area (Å²) in [5.41, 5.74) is 10.6. The molecule has 2 rings (SSSR count). The normalized spacial score (nSPS) is 16.8. The van der Waals surface area contributed by atoms with Crippen LogP contribution in [0.2, 0.25) is 0 Å². The number of nitrogens with two attached hydrogens (primary N) is 1. The van der Waals surface area contributed by atoms with Crippen molar-refractivity contribution in [1.29, 1.82) is 0 Å². The Kier molecular flexibility index (Phi) is 2.82. The van der Waals surface area contributed by atoms with Gasteiger partial charge >= 0.3 is 0 Å². The highest BCUT2D eigenvalue weighted by molar-refractivity contribution is 5.64. The molecule has 0 saturated carbocycles. The van der Waals surface area contributed by atoms with Crippen molar-refractivity contribution in [1.82, 2.24) is 5.32 Å². The van der Waals surface area contributed by atoms with Gasteiger partial charge in [-0.1, -0.05) is 6.07 Å². The van der Waals surface area contributed by atoms with E-state index in [1.807, 2.05) is 0 Å². The summed E-state index contributed by atoms with van der Waals surface area (Å²) in [7, 11) is 0. The van der Waals surface area contributed by atoms with Crippen molar-refractivity contribution in [3.63, 3.8) is 0 Å². The fraction of sp³-hybridized carbons (Fsp3) is 0.500. The second-order valence-corrected chi connectivity index (χ2v) is 4.23. The molecule has 15 heavy (non-hydrogen) atoms. The molecule has 0 amide bonds. The summed E-state index contributed by atoms with van der Waals surface area (Å²) in [5, 5.41) is 3.36. The molecule has 1 aromatic rings. The van der Waals surface area contributed by atoms with Crippen LogP contribution in [0, 0.1) is 13.8 Å². The SMILES string of the molecule is Cc1cc(C)c(N2CCNCC2)cc1N. The van der Waals surface area contributed by atoms with Gasteiger partial charge in [0.25, 0.3) is 0 Å². The highest BCUT2D eigenvalue weighted by Gasteiger charge is 2.13. The third kappa shape index (κ3) is 2.07. The molecule has 82 valence electrons. The van der Waals surface area contributed by atoms with E-state index in [1.165, 1.54) is 16.8 Å². The average Bonchev–Trinajstić information content (AvgIpc) is 2.25. The Bertz CT molecular complexity index is 354. The first-order chi connectivity index (χ1) is 7.18. The third-order valence-corrected chi connectivity index (χ3v) is 3.04. The predicted molar refractivity (Wildman–Crippen MR) is 65.4 cm³/mol. The molecular formula is C12H19N3. The largest absolute Gasteiger partial charge is 0.398 e. The fourth-order valence-electron chi connectivity index (χ4n) is 2.10. The van der Waals surface area contributed by atoms with Crippen LogP contribution in [0.5, 0.6) is 0 Å². The second kappa shape index (κ2) is 4.11. The summed E-state index contributed by atoms with van der Waals surface area (Å²) in [4.78, 5) is 2.40. The molecule has 0 bridgehead atoms. The highest BCUT2D eigenvalue weighted by Crippen LogP contribution is 2.25. The van der Waals surface area contributed by atoms with E-state index in [0.717, 1.165) is 31.9 Å². The number of piperazine rings is 1. The van der Waals surface area contributed by atoms with Crippen LogP contribution >= 0.6 is 0 Å². The van der Waals surface area contributed by atoms with Crippen molar-refractivity contribution in [3.8, 4) is 0 Å². The van der Waals surface area contributed by atoms with Crippen LogP contribution in [-0.4, -0.2) is 26.2 Å². The van der Waals surface area contributed by atoms with Crippen molar-refractivity contribution in [2.45, 2.75) is 13.8 Å². The Morgan fingerprint density at radius 2 is 1.80 bits per heavy atom. The average molecular weight is 205 g/mol. The number of nitrogen functional groups attached to an aromatic ring is 1. The maximum atomic E-state index is 5.95. The van der Waals surface area contributed by atoms with Crippen molar-refractivity contribution in [2.75, 3.05) is 36.8 Å². The van der Waals surface area contributed by atoms with E-state index < -0.39 is 0 Å². The monoisotopic (exact) mass is 205 g/mol. The maximum absolute atomic E-state index is 5.95. The van der Waals surface area contributed by atoms with Crippen molar-refractivity contribution < 1.29 is 0 Å². The summed E-state index contributed by atoms with van der Waals surface area (Å²) in [5.74, 6) is 0. The molecule has 1 fully saturated rings. The standard InChI is InChI=1S/C12H19N3/c1-9-7-10(2)12(8-11(9)13)15-5-3-14-4-6-15/h7-8,14H,3-6,13H2,1-2H3. The molecule has 0 unspecified atom stereocenters. The summed E-state index contributed by atoms with van der Waals surface area (Å²) in [6, 6.07) is 4.28. The van der Waals surface area contributed by atoms with Gasteiger partial charge in [-0.05, 0) is 31.0 Å². The molecule has 0 aromatic heterocycles. The maximum Gasteiger partial charge on any atom is 0.0417 e. The minimum absolute atomic E-state index is 0.897. The van der Waals surface area contributed by atoms with Gasteiger partial charge in [-0.25, -0.2) is 0 Å². The van der Waals surface area contributed by atoms with Crippen LogP contribution in [0.25, 0.3) is 0 Å². The highest BCUT2D eigenvalue weighted by atomic mass is 15.2. The molecule has 1 aliphatic heterocycles. The Hall–Kier alpha value is -1.22. The molecule has 3 nitrogen and oxygen atoms in total. The molecular weight excluding hydrogens is 186 g/mol. The lowest BCUT2D eigenvalue weighted by Crippen LogP contribution is -2.43. The molecule has 1 heterocycles. The van der Waals surface area contributed by atoms with Gasteiger partial charge in [-0.2, -0.15) is 0 Å². The van der Waals surface area contributed by atoms with E-state index in [4.69, 9.17) is 5.73 Å². The van der Waals surface area contributed by atoms with Crippen LogP contribution < -0.4 is 16.0 Å². The van der Waals surface area contributed by atoms with E-state index in [2.05, 4.69) is 36.2 Å². The second-order valence-electron chi connectivity index (χ2n) is 4.23. The first-order valence-corrected chi connectivity index (χ1v) is 5.51. The molecule has 3 N–H and O–H groups in total. The number of hydrogen-bond donors (Lipinski definition) is 2. The molecule has 1 aromatic carbocycles. The van der Waals surface area contributed by atoms with E-state index >= 15 is 0 Å². The van der Waals surface area contributed by atoms with Gasteiger partial charge in [0, 0.05) is 37.6 Å². The minimum Gasteiger partial charge on any atom is -0.398 e. The number of benzene rings is 1. The zero-order valence-corrected chi connectivity index (χ0v) is 9.51. The van der Waals surface area contributed by atoms with E-state index in [9.17, 15) is 0 Å². The van der Waals surface area contributed by atoms with Crippen LogP contribution in [0.1, 0.15) is 11.1 Å². The van der Waals surface area contributed by atoms with Gasteiger partial charge in [0.1, 0.15) is 0 Å². The number of nitrogens with one attached hydrogen (secondary N) is 1. The summed E-state index contributed by atoms with van der Waals surface area (Å²) in [6.07, 6.45) is 0. The lowest BCUT2D eigenvalue weighted by atomic mass is 10.1. The fourth-order valence-corrected chi connectivity index (χ4v) is 2.10. The van der Waals surface area contributed by atoms with Crippen LogP contribution in [0.4, 0.5) is 11.4 Å². The summed E-state index contributed by atoms with van der Waals surface area (Å²) in [6.45, 7) is 8.49. The summed E-state index contributed by atoms with van der Waals surface area (Å²) >= 11 is 0. The molecule has 3 heteroatoms. The Balaban J connectivity index is 2.30. The van der Waals surface area contributed by atoms with E-state index in [0.29, 0.717) is 0 Å². The lowest BCUT2D eigenvalue weighted by molar-refractivity contribution is 0.588. The van der Waals surface area contributed by atoms with Crippen LogP contribution in [-0.2, 0) is 0 Å². The molecule has 0 aliphatic carbocycles. The number of aryl methyl sites for hydroxylation is 2. The molecule has 0 radical (unpaired) electrons. The van der Waals surface area contributed by atoms with Gasteiger partial charge in [-0.15, -0.1) is 0 Å². The predicted octanol–water partition coefficient (Wildman–Crippen LogP) is 1.30. The Morgan fingerprint density at radius 3 is 2.47 bits per heavy atom. The van der Waals surface area contributed by atoms with Gasteiger partial charge in [0.05, 0.1) is 0 Å². The molecule has 0 spiro atoms. The van der Waals surface area contributed by atoms with Gasteiger partial charge in [-0.3, -0.25) is 0 Å². The first-order valence-electron chi connectivity index (χ1n) is 5.51. The number of hydrogen-bond acceptors (Lipinski definition) is 3. The smallest absolute Gasteiger partial charge is 0.0417 e. The van der Waals surface area contributed by atoms with Crippen LogP contribution in [0.15, 0.2) is 12.1 Å². The number of rotatable bonds is 1.